The summed E-state index contributed by atoms with van der Waals surface area (Å²) in [6.45, 7) is 4.48. The highest BCUT2D eigenvalue weighted by molar-refractivity contribution is 5.43. The van der Waals surface area contributed by atoms with Crippen LogP contribution in [-0.2, 0) is 0 Å². The van der Waals surface area contributed by atoms with E-state index in [4.69, 9.17) is 9.47 Å². The average Bonchev–Trinajstić information content (AvgIpc) is 2.91. The summed E-state index contributed by atoms with van der Waals surface area (Å²) in [6.07, 6.45) is -0.262. The Morgan fingerprint density at radius 1 is 1.04 bits per heavy atom. The SMILES string of the molecule is CCOc1ccccc1OC1C(C)NNC1c1ccc(O)cc1O. The molecule has 4 N–H and O–H groups in total. The van der Waals surface area contributed by atoms with Crippen LogP contribution in [0.2, 0.25) is 0 Å². The monoisotopic (exact) mass is 330 g/mol. The van der Waals surface area contributed by atoms with Crippen molar-refractivity contribution >= 4 is 0 Å². The van der Waals surface area contributed by atoms with E-state index in [2.05, 4.69) is 10.9 Å². The Labute approximate surface area is 141 Å². The van der Waals surface area contributed by atoms with Gasteiger partial charge in [0.2, 0.25) is 0 Å². The van der Waals surface area contributed by atoms with Gasteiger partial charge >= 0.3 is 0 Å². The largest absolute Gasteiger partial charge is 0.508 e. The Morgan fingerprint density at radius 2 is 1.79 bits per heavy atom. The van der Waals surface area contributed by atoms with Crippen molar-refractivity contribution < 1.29 is 19.7 Å². The summed E-state index contributed by atoms with van der Waals surface area (Å²) in [6, 6.07) is 11.8. The lowest BCUT2D eigenvalue weighted by atomic mass is 9.98. The van der Waals surface area contributed by atoms with Crippen molar-refractivity contribution in [2.45, 2.75) is 32.0 Å². The molecular weight excluding hydrogens is 308 g/mol. The maximum Gasteiger partial charge on any atom is 0.161 e. The molecule has 0 aromatic heterocycles. The number of phenols is 2. The first kappa shape index (κ1) is 16.4. The standard InChI is InChI=1S/C18H22N2O4/c1-3-23-15-6-4-5-7-16(15)24-18-11(2)19-20-17(18)13-9-8-12(21)10-14(13)22/h4-11,17-22H,3H2,1-2H3. The molecule has 3 unspecified atom stereocenters. The number of aromatic hydroxyl groups is 2. The zero-order valence-corrected chi connectivity index (χ0v) is 13.7. The normalized spacial score (nSPS) is 23.2. The molecule has 1 fully saturated rings. The highest BCUT2D eigenvalue weighted by Gasteiger charge is 2.37. The minimum atomic E-state index is -0.268. The van der Waals surface area contributed by atoms with E-state index in [1.807, 2.05) is 38.1 Å². The van der Waals surface area contributed by atoms with Crippen LogP contribution >= 0.6 is 0 Å². The van der Waals surface area contributed by atoms with Gasteiger partial charge in [0.05, 0.1) is 18.7 Å². The number of rotatable bonds is 5. The molecule has 6 nitrogen and oxygen atoms in total. The molecule has 128 valence electrons. The van der Waals surface area contributed by atoms with E-state index in [1.54, 1.807) is 12.1 Å². The zero-order valence-electron chi connectivity index (χ0n) is 13.7. The number of nitrogens with one attached hydrogen (secondary N) is 2. The van der Waals surface area contributed by atoms with Gasteiger partial charge in [-0.05, 0) is 38.1 Å². The maximum atomic E-state index is 10.2. The Kier molecular flexibility index (Phi) is 4.78. The minimum Gasteiger partial charge on any atom is -0.508 e. The zero-order chi connectivity index (χ0) is 17.1. The van der Waals surface area contributed by atoms with Crippen LogP contribution in [0.4, 0.5) is 0 Å². The summed E-state index contributed by atoms with van der Waals surface area (Å²) in [7, 11) is 0. The first-order chi connectivity index (χ1) is 11.6. The lowest BCUT2D eigenvalue weighted by Crippen LogP contribution is -2.33. The number of ether oxygens (including phenoxy) is 2. The van der Waals surface area contributed by atoms with Gasteiger partial charge in [0, 0.05) is 11.6 Å². The van der Waals surface area contributed by atoms with Gasteiger partial charge in [0.25, 0.3) is 0 Å². The molecule has 1 aliphatic rings. The van der Waals surface area contributed by atoms with Gasteiger partial charge in [-0.25, -0.2) is 5.43 Å². The number of hydrogen-bond acceptors (Lipinski definition) is 6. The average molecular weight is 330 g/mol. The van der Waals surface area contributed by atoms with Crippen LogP contribution in [0.15, 0.2) is 42.5 Å². The molecule has 0 saturated carbocycles. The molecule has 24 heavy (non-hydrogen) atoms. The van der Waals surface area contributed by atoms with E-state index in [0.717, 1.165) is 0 Å². The van der Waals surface area contributed by atoms with E-state index < -0.39 is 0 Å². The van der Waals surface area contributed by atoms with E-state index >= 15 is 0 Å². The molecule has 0 radical (unpaired) electrons. The third-order valence-electron chi connectivity index (χ3n) is 4.05. The lowest BCUT2D eigenvalue weighted by Gasteiger charge is -2.24. The Morgan fingerprint density at radius 3 is 2.50 bits per heavy atom. The van der Waals surface area contributed by atoms with Crippen LogP contribution < -0.4 is 20.3 Å². The Balaban J connectivity index is 1.88. The first-order valence-electron chi connectivity index (χ1n) is 8.01. The fourth-order valence-electron chi connectivity index (χ4n) is 2.86. The minimum absolute atomic E-state index is 0.0119. The summed E-state index contributed by atoms with van der Waals surface area (Å²) in [5, 5.41) is 19.6. The summed E-state index contributed by atoms with van der Waals surface area (Å²) in [5.41, 5.74) is 6.95. The van der Waals surface area contributed by atoms with Crippen molar-refractivity contribution in [1.29, 1.82) is 0 Å². The fraction of sp³-hybridized carbons (Fsp3) is 0.333. The van der Waals surface area contributed by atoms with Gasteiger partial charge in [-0.15, -0.1) is 0 Å². The number of hydrazine groups is 1. The van der Waals surface area contributed by atoms with Crippen LogP contribution in [0.3, 0.4) is 0 Å². The van der Waals surface area contributed by atoms with E-state index in [9.17, 15) is 10.2 Å². The third kappa shape index (κ3) is 3.25. The molecular formula is C18H22N2O4. The highest BCUT2D eigenvalue weighted by Crippen LogP contribution is 2.36. The number of phenolic OH excluding ortho intramolecular Hbond substituents is 2. The van der Waals surface area contributed by atoms with Gasteiger partial charge in [0.1, 0.15) is 17.6 Å². The molecule has 2 aromatic carbocycles. The molecule has 3 rings (SSSR count). The Bertz CT molecular complexity index is 707. The van der Waals surface area contributed by atoms with Crippen molar-refractivity contribution in [2.75, 3.05) is 6.61 Å². The molecule has 1 saturated heterocycles. The molecule has 3 atom stereocenters. The molecule has 0 aliphatic carbocycles. The van der Waals surface area contributed by atoms with E-state index in [0.29, 0.717) is 23.7 Å². The van der Waals surface area contributed by atoms with Crippen molar-refractivity contribution in [2.24, 2.45) is 0 Å². The second-order valence-corrected chi connectivity index (χ2v) is 5.76. The summed E-state index contributed by atoms with van der Waals surface area (Å²) >= 11 is 0. The molecule has 2 aromatic rings. The highest BCUT2D eigenvalue weighted by atomic mass is 16.5. The molecule has 6 heteroatoms. The predicted molar refractivity (Wildman–Crippen MR) is 90.3 cm³/mol. The third-order valence-corrected chi connectivity index (χ3v) is 4.05. The van der Waals surface area contributed by atoms with Crippen LogP contribution in [-0.4, -0.2) is 29.0 Å². The quantitative estimate of drug-likeness (QED) is 0.674. The summed E-state index contributed by atoms with van der Waals surface area (Å²) < 4.78 is 11.8. The van der Waals surface area contributed by atoms with Gasteiger partial charge < -0.3 is 19.7 Å². The van der Waals surface area contributed by atoms with Gasteiger partial charge in [-0.3, -0.25) is 5.43 Å². The van der Waals surface area contributed by atoms with Crippen molar-refractivity contribution in [3.63, 3.8) is 0 Å². The summed E-state index contributed by atoms with van der Waals surface area (Å²) in [4.78, 5) is 0. The smallest absolute Gasteiger partial charge is 0.161 e. The van der Waals surface area contributed by atoms with Crippen molar-refractivity contribution in [3.8, 4) is 23.0 Å². The van der Waals surface area contributed by atoms with Crippen molar-refractivity contribution in [3.05, 3.63) is 48.0 Å². The number of benzene rings is 2. The summed E-state index contributed by atoms with van der Waals surface area (Å²) in [5.74, 6) is 1.39. The van der Waals surface area contributed by atoms with Gasteiger partial charge in [-0.1, -0.05) is 12.1 Å². The van der Waals surface area contributed by atoms with Crippen LogP contribution in [0.1, 0.15) is 25.5 Å². The van der Waals surface area contributed by atoms with E-state index in [-0.39, 0.29) is 29.7 Å². The van der Waals surface area contributed by atoms with Crippen LogP contribution in [0.5, 0.6) is 23.0 Å². The van der Waals surface area contributed by atoms with E-state index in [1.165, 1.54) is 6.07 Å². The molecule has 1 heterocycles. The fourth-order valence-corrected chi connectivity index (χ4v) is 2.86. The number of hydrogen-bond donors (Lipinski definition) is 4. The van der Waals surface area contributed by atoms with Gasteiger partial charge in [-0.2, -0.15) is 0 Å². The Hall–Kier alpha value is -2.44. The predicted octanol–water partition coefficient (Wildman–Crippen LogP) is 2.48. The molecule has 0 amide bonds. The van der Waals surface area contributed by atoms with Crippen molar-refractivity contribution in [1.82, 2.24) is 10.9 Å². The van der Waals surface area contributed by atoms with Crippen LogP contribution in [0, 0.1) is 0 Å². The molecule has 0 bridgehead atoms. The van der Waals surface area contributed by atoms with Gasteiger partial charge in [0.15, 0.2) is 11.5 Å². The number of para-hydroxylation sites is 2. The first-order valence-corrected chi connectivity index (χ1v) is 8.01. The molecule has 1 aliphatic heterocycles. The van der Waals surface area contributed by atoms with Crippen LogP contribution in [0.25, 0.3) is 0 Å². The lowest BCUT2D eigenvalue weighted by molar-refractivity contribution is 0.162. The molecule has 0 spiro atoms. The maximum absolute atomic E-state index is 10.2. The second kappa shape index (κ2) is 6.98. The second-order valence-electron chi connectivity index (χ2n) is 5.76. The topological polar surface area (TPSA) is 83.0 Å².